The third kappa shape index (κ3) is 3.44. The number of amides is 1. The average Bonchev–Trinajstić information content (AvgIpc) is 2.54. The fourth-order valence-corrected chi connectivity index (χ4v) is 3.32. The number of nitrogens with one attached hydrogen (secondary N) is 1. The van der Waals surface area contributed by atoms with Crippen LogP contribution in [0.2, 0.25) is 0 Å². The molecule has 3 rings (SSSR count). The van der Waals surface area contributed by atoms with Crippen molar-refractivity contribution >= 4 is 5.91 Å². The zero-order valence-electron chi connectivity index (χ0n) is 12.7. The first kappa shape index (κ1) is 14.5. The van der Waals surface area contributed by atoms with Crippen molar-refractivity contribution in [1.29, 1.82) is 0 Å². The Morgan fingerprint density at radius 1 is 1.38 bits per heavy atom. The first-order valence-electron chi connectivity index (χ1n) is 7.87. The Morgan fingerprint density at radius 2 is 2.19 bits per heavy atom. The van der Waals surface area contributed by atoms with Gasteiger partial charge in [0.05, 0.1) is 12.6 Å². The molecule has 114 valence electrons. The molecule has 2 atom stereocenters. The molecule has 2 heterocycles. The number of nitrogens with zero attached hydrogens (tertiary/aromatic N) is 1. The minimum atomic E-state index is -0.0885. The summed E-state index contributed by atoms with van der Waals surface area (Å²) in [4.78, 5) is 14.5. The summed E-state index contributed by atoms with van der Waals surface area (Å²) >= 11 is 0. The van der Waals surface area contributed by atoms with Crippen molar-refractivity contribution in [1.82, 2.24) is 10.2 Å². The predicted octanol–water partition coefficient (Wildman–Crippen LogP) is 1.59. The molecular weight excluding hydrogens is 264 g/mol. The van der Waals surface area contributed by atoms with Gasteiger partial charge in [0.15, 0.2) is 0 Å². The second kappa shape index (κ2) is 6.58. The van der Waals surface area contributed by atoms with Crippen molar-refractivity contribution in [3.05, 3.63) is 35.4 Å². The van der Waals surface area contributed by atoms with Crippen molar-refractivity contribution in [3.63, 3.8) is 0 Å². The van der Waals surface area contributed by atoms with Crippen molar-refractivity contribution in [2.45, 2.75) is 31.8 Å². The topological polar surface area (TPSA) is 41.6 Å². The minimum absolute atomic E-state index is 0.0885. The van der Waals surface area contributed by atoms with Crippen LogP contribution in [0.25, 0.3) is 0 Å². The standard InChI is InChI=1S/C17H24N2O2/c1-19(11-13-5-4-8-21-12-13)17(20)16-9-14-6-2-3-7-15(14)10-18-16/h2-3,6-7,13,16,18H,4-5,8-12H2,1H3. The lowest BCUT2D eigenvalue weighted by Gasteiger charge is -2.32. The summed E-state index contributed by atoms with van der Waals surface area (Å²) < 4.78 is 5.50. The summed E-state index contributed by atoms with van der Waals surface area (Å²) in [7, 11) is 1.92. The maximum atomic E-state index is 12.6. The summed E-state index contributed by atoms with van der Waals surface area (Å²) in [6.45, 7) is 3.25. The summed E-state index contributed by atoms with van der Waals surface area (Å²) in [5, 5.41) is 3.37. The highest BCUT2D eigenvalue weighted by molar-refractivity contribution is 5.82. The van der Waals surface area contributed by atoms with E-state index in [0.717, 1.165) is 39.1 Å². The van der Waals surface area contributed by atoms with Crippen LogP contribution in [0.1, 0.15) is 24.0 Å². The predicted molar refractivity (Wildman–Crippen MR) is 82.0 cm³/mol. The summed E-state index contributed by atoms with van der Waals surface area (Å²) in [6.07, 6.45) is 3.07. The monoisotopic (exact) mass is 288 g/mol. The van der Waals surface area contributed by atoms with Gasteiger partial charge in [0.2, 0.25) is 5.91 Å². The molecular formula is C17H24N2O2. The zero-order chi connectivity index (χ0) is 14.7. The number of ether oxygens (including phenoxy) is 1. The Labute approximate surface area is 126 Å². The second-order valence-corrected chi connectivity index (χ2v) is 6.21. The Kier molecular flexibility index (Phi) is 4.56. The normalized spacial score (nSPS) is 25.2. The van der Waals surface area contributed by atoms with Crippen molar-refractivity contribution in [2.24, 2.45) is 5.92 Å². The van der Waals surface area contributed by atoms with Crippen LogP contribution in [0.15, 0.2) is 24.3 Å². The molecule has 0 aromatic heterocycles. The number of likely N-dealkylation sites (N-methyl/N-ethyl adjacent to an activating group) is 1. The van der Waals surface area contributed by atoms with Crippen molar-refractivity contribution in [2.75, 3.05) is 26.8 Å². The van der Waals surface area contributed by atoms with E-state index in [0.29, 0.717) is 5.92 Å². The molecule has 1 saturated heterocycles. The van der Waals surface area contributed by atoms with Gasteiger partial charge in [0.25, 0.3) is 0 Å². The van der Waals surface area contributed by atoms with Gasteiger partial charge in [-0.15, -0.1) is 0 Å². The van der Waals surface area contributed by atoms with E-state index in [1.54, 1.807) is 0 Å². The van der Waals surface area contributed by atoms with E-state index in [2.05, 4.69) is 29.6 Å². The van der Waals surface area contributed by atoms with Crippen LogP contribution < -0.4 is 5.32 Å². The van der Waals surface area contributed by atoms with Gasteiger partial charge in [-0.05, 0) is 36.3 Å². The van der Waals surface area contributed by atoms with E-state index in [1.807, 2.05) is 11.9 Å². The van der Waals surface area contributed by atoms with Crippen LogP contribution >= 0.6 is 0 Å². The largest absolute Gasteiger partial charge is 0.381 e. The van der Waals surface area contributed by atoms with E-state index in [9.17, 15) is 4.79 Å². The fourth-order valence-electron chi connectivity index (χ4n) is 3.32. The molecule has 2 aliphatic rings. The quantitative estimate of drug-likeness (QED) is 0.918. The molecule has 4 heteroatoms. The number of benzene rings is 1. The molecule has 21 heavy (non-hydrogen) atoms. The highest BCUT2D eigenvalue weighted by atomic mass is 16.5. The van der Waals surface area contributed by atoms with Gasteiger partial charge < -0.3 is 15.0 Å². The number of hydrogen-bond donors (Lipinski definition) is 1. The molecule has 1 fully saturated rings. The van der Waals surface area contributed by atoms with Gasteiger partial charge in [-0.1, -0.05) is 24.3 Å². The van der Waals surface area contributed by atoms with E-state index in [4.69, 9.17) is 4.74 Å². The average molecular weight is 288 g/mol. The molecule has 0 aliphatic carbocycles. The molecule has 2 unspecified atom stereocenters. The maximum absolute atomic E-state index is 12.6. The van der Waals surface area contributed by atoms with E-state index in [-0.39, 0.29) is 11.9 Å². The lowest BCUT2D eigenvalue weighted by Crippen LogP contribution is -2.49. The summed E-state index contributed by atoms with van der Waals surface area (Å²) in [6, 6.07) is 8.28. The third-order valence-electron chi connectivity index (χ3n) is 4.54. The van der Waals surface area contributed by atoms with Crippen LogP contribution in [-0.4, -0.2) is 43.7 Å². The first-order chi connectivity index (χ1) is 10.2. The SMILES string of the molecule is CN(CC1CCCOC1)C(=O)C1Cc2ccccc2CN1. The van der Waals surface area contributed by atoms with E-state index >= 15 is 0 Å². The highest BCUT2D eigenvalue weighted by Crippen LogP contribution is 2.19. The van der Waals surface area contributed by atoms with Crippen molar-refractivity contribution in [3.8, 4) is 0 Å². The van der Waals surface area contributed by atoms with Crippen LogP contribution in [0.3, 0.4) is 0 Å². The second-order valence-electron chi connectivity index (χ2n) is 6.21. The van der Waals surface area contributed by atoms with Gasteiger partial charge >= 0.3 is 0 Å². The number of carbonyl (C=O) groups excluding carboxylic acids is 1. The number of hydrogen-bond acceptors (Lipinski definition) is 3. The molecule has 1 amide bonds. The molecule has 4 nitrogen and oxygen atoms in total. The Morgan fingerprint density at radius 3 is 2.95 bits per heavy atom. The minimum Gasteiger partial charge on any atom is -0.381 e. The fraction of sp³-hybridized carbons (Fsp3) is 0.588. The van der Waals surface area contributed by atoms with Crippen molar-refractivity contribution < 1.29 is 9.53 Å². The smallest absolute Gasteiger partial charge is 0.239 e. The molecule has 1 aromatic rings. The van der Waals surface area contributed by atoms with Gasteiger partial charge in [-0.25, -0.2) is 0 Å². The van der Waals surface area contributed by atoms with Crippen LogP contribution in [0, 0.1) is 5.92 Å². The molecule has 1 N–H and O–H groups in total. The van der Waals surface area contributed by atoms with E-state index in [1.165, 1.54) is 17.5 Å². The Balaban J connectivity index is 1.58. The number of rotatable bonds is 3. The number of fused-ring (bicyclic) bond motifs is 1. The Hall–Kier alpha value is -1.39. The van der Waals surface area contributed by atoms with Gasteiger partial charge in [0, 0.05) is 26.7 Å². The summed E-state index contributed by atoms with van der Waals surface area (Å²) in [5.41, 5.74) is 2.61. The molecule has 0 spiro atoms. The third-order valence-corrected chi connectivity index (χ3v) is 4.54. The van der Waals surface area contributed by atoms with Crippen LogP contribution in [0.5, 0.6) is 0 Å². The lowest BCUT2D eigenvalue weighted by atomic mass is 9.95. The van der Waals surface area contributed by atoms with Gasteiger partial charge in [0.1, 0.15) is 0 Å². The molecule has 0 bridgehead atoms. The maximum Gasteiger partial charge on any atom is 0.239 e. The van der Waals surface area contributed by atoms with Gasteiger partial charge in [-0.3, -0.25) is 4.79 Å². The van der Waals surface area contributed by atoms with Crippen LogP contribution in [0.4, 0.5) is 0 Å². The zero-order valence-corrected chi connectivity index (χ0v) is 12.7. The van der Waals surface area contributed by atoms with Crippen LogP contribution in [-0.2, 0) is 22.5 Å². The van der Waals surface area contributed by atoms with Gasteiger partial charge in [-0.2, -0.15) is 0 Å². The summed E-state index contributed by atoms with van der Waals surface area (Å²) in [5.74, 6) is 0.693. The Bertz CT molecular complexity index is 497. The highest BCUT2D eigenvalue weighted by Gasteiger charge is 2.27. The molecule has 2 aliphatic heterocycles. The molecule has 1 aromatic carbocycles. The lowest BCUT2D eigenvalue weighted by molar-refractivity contribution is -0.133. The molecule has 0 radical (unpaired) electrons. The van der Waals surface area contributed by atoms with E-state index < -0.39 is 0 Å². The first-order valence-corrected chi connectivity index (χ1v) is 7.87. The molecule has 0 saturated carbocycles. The number of carbonyl (C=O) groups is 1.